The van der Waals surface area contributed by atoms with Gasteiger partial charge in [0.05, 0.1) is 6.04 Å². The highest BCUT2D eigenvalue weighted by Crippen LogP contribution is 2.20. The van der Waals surface area contributed by atoms with E-state index in [2.05, 4.69) is 11.9 Å². The van der Waals surface area contributed by atoms with Gasteiger partial charge in [-0.1, -0.05) is 18.2 Å². The summed E-state index contributed by atoms with van der Waals surface area (Å²) in [6, 6.07) is 4.99. The zero-order valence-corrected chi connectivity index (χ0v) is 14.4. The fourth-order valence-electron chi connectivity index (χ4n) is 2.61. The molecule has 1 atom stereocenters. The normalized spacial score (nSPS) is 18.1. The molecule has 1 N–H and O–H groups in total. The second-order valence-electron chi connectivity index (χ2n) is 5.58. The van der Waals surface area contributed by atoms with Crippen LogP contribution in [0.15, 0.2) is 41.8 Å². The van der Waals surface area contributed by atoms with E-state index in [1.165, 1.54) is 22.5 Å². The maximum Gasteiger partial charge on any atom is 0.246 e. The summed E-state index contributed by atoms with van der Waals surface area (Å²) in [5.41, 5.74) is 0. The Bertz CT molecular complexity index is 700. The van der Waals surface area contributed by atoms with Gasteiger partial charge in [0.25, 0.3) is 0 Å². The fourth-order valence-corrected chi connectivity index (χ4v) is 4.10. The molecular weight excluding hydrogens is 333 g/mol. The van der Waals surface area contributed by atoms with Crippen LogP contribution >= 0.6 is 0 Å². The number of carbonyl (C=O) groups is 1. The van der Waals surface area contributed by atoms with Gasteiger partial charge in [0.1, 0.15) is 10.7 Å². The number of rotatable bonds is 6. The summed E-state index contributed by atoms with van der Waals surface area (Å²) < 4.78 is 40.1. The van der Waals surface area contributed by atoms with E-state index < -0.39 is 15.8 Å². The molecule has 1 heterocycles. The Kier molecular flexibility index (Phi) is 6.09. The maximum atomic E-state index is 13.8. The highest BCUT2D eigenvalue weighted by atomic mass is 32.2. The zero-order chi connectivity index (χ0) is 17.7. The van der Waals surface area contributed by atoms with Gasteiger partial charge in [0, 0.05) is 32.7 Å². The minimum atomic E-state index is -3.86. The number of hydrogen-bond acceptors (Lipinski definition) is 4. The van der Waals surface area contributed by atoms with Crippen molar-refractivity contribution in [1.82, 2.24) is 14.5 Å². The molecule has 6 nitrogen and oxygen atoms in total. The van der Waals surface area contributed by atoms with Gasteiger partial charge in [-0.2, -0.15) is 4.31 Å². The number of nitrogens with zero attached hydrogens (tertiary/aromatic N) is 2. The monoisotopic (exact) mass is 355 g/mol. The first kappa shape index (κ1) is 18.6. The smallest absolute Gasteiger partial charge is 0.246 e. The minimum Gasteiger partial charge on any atom is -0.351 e. The van der Waals surface area contributed by atoms with Gasteiger partial charge < -0.3 is 5.32 Å². The number of hydrogen-bond donors (Lipinski definition) is 1. The van der Waals surface area contributed by atoms with Crippen LogP contribution in [0.4, 0.5) is 4.39 Å². The third-order valence-electron chi connectivity index (χ3n) is 4.08. The summed E-state index contributed by atoms with van der Waals surface area (Å²) in [6.07, 6.45) is 1.60. The SMILES string of the molecule is C=CCNC(=O)[C@H](C)N1CCN(S(=O)(=O)c2ccccc2F)CC1. The number of carbonyl (C=O) groups excluding carboxylic acids is 1. The van der Waals surface area contributed by atoms with Crippen LogP contribution in [-0.2, 0) is 14.8 Å². The van der Waals surface area contributed by atoms with Crippen LogP contribution in [0.5, 0.6) is 0 Å². The van der Waals surface area contributed by atoms with Crippen LogP contribution in [0.25, 0.3) is 0 Å². The van der Waals surface area contributed by atoms with Crippen molar-refractivity contribution >= 4 is 15.9 Å². The van der Waals surface area contributed by atoms with Crippen molar-refractivity contribution in [3.05, 3.63) is 42.7 Å². The molecule has 1 fully saturated rings. The van der Waals surface area contributed by atoms with Gasteiger partial charge in [0.15, 0.2) is 0 Å². The van der Waals surface area contributed by atoms with Crippen LogP contribution in [0, 0.1) is 5.82 Å². The quantitative estimate of drug-likeness (QED) is 0.767. The van der Waals surface area contributed by atoms with Gasteiger partial charge >= 0.3 is 0 Å². The van der Waals surface area contributed by atoms with E-state index in [4.69, 9.17) is 0 Å². The van der Waals surface area contributed by atoms with Crippen molar-refractivity contribution in [2.45, 2.75) is 17.9 Å². The van der Waals surface area contributed by atoms with E-state index in [-0.39, 0.29) is 29.9 Å². The van der Waals surface area contributed by atoms with Crippen LogP contribution < -0.4 is 5.32 Å². The lowest BCUT2D eigenvalue weighted by molar-refractivity contribution is -0.126. The molecule has 0 spiro atoms. The standard InChI is InChI=1S/C16H22FN3O3S/c1-3-8-18-16(21)13(2)19-9-11-20(12-10-19)24(22,23)15-7-5-4-6-14(15)17/h3-7,13H,1,8-12H2,2H3,(H,18,21)/t13-/m0/s1. The van der Waals surface area contributed by atoms with Gasteiger partial charge in [-0.15, -0.1) is 6.58 Å². The molecule has 1 aromatic carbocycles. The Morgan fingerprint density at radius 3 is 2.54 bits per heavy atom. The summed E-state index contributed by atoms with van der Waals surface area (Å²) in [5, 5.41) is 2.72. The van der Waals surface area contributed by atoms with Crippen molar-refractivity contribution in [3.8, 4) is 0 Å². The molecule has 2 rings (SSSR count). The zero-order valence-electron chi connectivity index (χ0n) is 13.6. The minimum absolute atomic E-state index is 0.125. The van der Waals surface area contributed by atoms with Gasteiger partial charge in [-0.3, -0.25) is 9.69 Å². The molecule has 0 saturated carbocycles. The van der Waals surface area contributed by atoms with E-state index in [0.717, 1.165) is 6.07 Å². The molecule has 0 aromatic heterocycles. The van der Waals surface area contributed by atoms with Crippen molar-refractivity contribution in [2.24, 2.45) is 0 Å². The number of amides is 1. The van der Waals surface area contributed by atoms with Crippen LogP contribution in [0.1, 0.15) is 6.92 Å². The van der Waals surface area contributed by atoms with Gasteiger partial charge in [-0.25, -0.2) is 12.8 Å². The third-order valence-corrected chi connectivity index (χ3v) is 6.01. The summed E-state index contributed by atoms with van der Waals surface area (Å²) in [6.45, 7) is 6.98. The van der Waals surface area contributed by atoms with Gasteiger partial charge in [0.2, 0.25) is 15.9 Å². The molecule has 8 heteroatoms. The van der Waals surface area contributed by atoms with Crippen LogP contribution in [0.3, 0.4) is 0 Å². The molecule has 1 saturated heterocycles. The predicted molar refractivity (Wildman–Crippen MR) is 89.4 cm³/mol. The van der Waals surface area contributed by atoms with Gasteiger partial charge in [-0.05, 0) is 19.1 Å². The number of nitrogens with one attached hydrogen (secondary N) is 1. The molecule has 0 bridgehead atoms. The number of benzene rings is 1. The Morgan fingerprint density at radius 2 is 1.96 bits per heavy atom. The summed E-state index contributed by atoms with van der Waals surface area (Å²) in [7, 11) is -3.86. The Labute approximate surface area is 142 Å². The predicted octanol–water partition coefficient (Wildman–Crippen LogP) is 0.823. The van der Waals surface area contributed by atoms with E-state index in [0.29, 0.717) is 19.6 Å². The lowest BCUT2D eigenvalue weighted by atomic mass is 10.2. The molecule has 0 radical (unpaired) electrons. The Balaban J connectivity index is 2.01. The van der Waals surface area contributed by atoms with E-state index in [9.17, 15) is 17.6 Å². The number of sulfonamides is 1. The second-order valence-corrected chi connectivity index (χ2v) is 7.49. The van der Waals surface area contributed by atoms with Crippen molar-refractivity contribution < 1.29 is 17.6 Å². The van der Waals surface area contributed by atoms with Crippen molar-refractivity contribution in [3.63, 3.8) is 0 Å². The summed E-state index contributed by atoms with van der Waals surface area (Å²) in [4.78, 5) is 13.6. The molecule has 132 valence electrons. The van der Waals surface area contributed by atoms with Crippen molar-refractivity contribution in [2.75, 3.05) is 32.7 Å². The lowest BCUT2D eigenvalue weighted by Crippen LogP contribution is -2.54. The highest BCUT2D eigenvalue weighted by molar-refractivity contribution is 7.89. The van der Waals surface area contributed by atoms with Crippen molar-refractivity contribution in [1.29, 1.82) is 0 Å². The van der Waals surface area contributed by atoms with Crippen LogP contribution in [0.2, 0.25) is 0 Å². The highest BCUT2D eigenvalue weighted by Gasteiger charge is 2.32. The average Bonchev–Trinajstić information content (AvgIpc) is 2.59. The average molecular weight is 355 g/mol. The van der Waals surface area contributed by atoms with E-state index in [1.807, 2.05) is 4.90 Å². The molecule has 1 aliphatic heterocycles. The van der Waals surface area contributed by atoms with E-state index >= 15 is 0 Å². The molecule has 1 aromatic rings. The fraction of sp³-hybridized carbons (Fsp3) is 0.438. The molecule has 1 amide bonds. The summed E-state index contributed by atoms with van der Waals surface area (Å²) in [5.74, 6) is -0.877. The Morgan fingerprint density at radius 1 is 1.33 bits per heavy atom. The topological polar surface area (TPSA) is 69.7 Å². The first-order chi connectivity index (χ1) is 11.4. The molecule has 1 aliphatic rings. The van der Waals surface area contributed by atoms with E-state index in [1.54, 1.807) is 13.0 Å². The first-order valence-corrected chi connectivity index (χ1v) is 9.19. The second kappa shape index (κ2) is 7.87. The Hall–Kier alpha value is -1.77. The number of halogens is 1. The number of piperazine rings is 1. The maximum absolute atomic E-state index is 13.8. The third kappa shape index (κ3) is 4.00. The molecule has 0 aliphatic carbocycles. The molecule has 0 unspecified atom stereocenters. The van der Waals surface area contributed by atoms with Crippen LogP contribution in [-0.4, -0.2) is 62.3 Å². The molecular formula is C16H22FN3O3S. The first-order valence-electron chi connectivity index (χ1n) is 7.75. The molecule has 24 heavy (non-hydrogen) atoms. The largest absolute Gasteiger partial charge is 0.351 e. The summed E-state index contributed by atoms with van der Waals surface area (Å²) >= 11 is 0. The lowest BCUT2D eigenvalue weighted by Gasteiger charge is -2.36.